The Morgan fingerprint density at radius 2 is 1.71 bits per heavy atom. The van der Waals surface area contributed by atoms with Crippen molar-refractivity contribution in [3.8, 4) is 11.5 Å². The fourth-order valence-electron chi connectivity index (χ4n) is 2.12. The summed E-state index contributed by atoms with van der Waals surface area (Å²) in [7, 11) is 2.94. The van der Waals surface area contributed by atoms with Gasteiger partial charge in [-0.05, 0) is 37.3 Å². The molecule has 6 nitrogen and oxygen atoms in total. The Hall–Kier alpha value is -3.09. The molecule has 126 valence electrons. The Labute approximate surface area is 138 Å². The van der Waals surface area contributed by atoms with E-state index < -0.39 is 17.6 Å². The Kier molecular flexibility index (Phi) is 5.03. The second-order valence-electron chi connectivity index (χ2n) is 5.02. The van der Waals surface area contributed by atoms with E-state index in [1.165, 1.54) is 33.3 Å². The van der Waals surface area contributed by atoms with E-state index in [1.807, 2.05) is 0 Å². The predicted molar refractivity (Wildman–Crippen MR) is 87.2 cm³/mol. The van der Waals surface area contributed by atoms with Crippen LogP contribution in [0.1, 0.15) is 26.3 Å². The van der Waals surface area contributed by atoms with Gasteiger partial charge >= 0.3 is 0 Å². The van der Waals surface area contributed by atoms with E-state index in [1.54, 1.807) is 12.1 Å². The highest BCUT2D eigenvalue weighted by Crippen LogP contribution is 2.28. The van der Waals surface area contributed by atoms with Gasteiger partial charge in [-0.2, -0.15) is 0 Å². The predicted octanol–water partition coefficient (Wildman–Crippen LogP) is 2.50. The lowest BCUT2D eigenvalue weighted by Gasteiger charge is -2.12. The molecule has 3 N–H and O–H groups in total. The van der Waals surface area contributed by atoms with E-state index in [4.69, 9.17) is 15.2 Å². The molecular formula is C17H17FN2O4. The summed E-state index contributed by atoms with van der Waals surface area (Å²) in [5, 5.41) is 2.57. The molecule has 0 saturated carbocycles. The monoisotopic (exact) mass is 332 g/mol. The number of ether oxygens (including phenoxy) is 2. The van der Waals surface area contributed by atoms with Crippen LogP contribution in [-0.2, 0) is 0 Å². The molecule has 0 aliphatic carbocycles. The van der Waals surface area contributed by atoms with Gasteiger partial charge in [0.2, 0.25) is 5.91 Å². The number of hydrogen-bond acceptors (Lipinski definition) is 4. The van der Waals surface area contributed by atoms with E-state index in [-0.39, 0.29) is 22.4 Å². The normalized spacial score (nSPS) is 10.2. The topological polar surface area (TPSA) is 90.6 Å². The Morgan fingerprint density at radius 3 is 2.29 bits per heavy atom. The number of nitrogens with two attached hydrogens (primary N) is 1. The van der Waals surface area contributed by atoms with Crippen LogP contribution < -0.4 is 20.5 Å². The number of nitrogens with one attached hydrogen (secondary N) is 1. The first kappa shape index (κ1) is 17.3. The van der Waals surface area contributed by atoms with Gasteiger partial charge in [-0.25, -0.2) is 4.39 Å². The van der Waals surface area contributed by atoms with Crippen LogP contribution in [0.3, 0.4) is 0 Å². The third kappa shape index (κ3) is 3.45. The molecule has 2 aromatic carbocycles. The summed E-state index contributed by atoms with van der Waals surface area (Å²) in [5.74, 6) is -1.03. The van der Waals surface area contributed by atoms with Gasteiger partial charge in [-0.1, -0.05) is 0 Å². The molecule has 2 aromatic rings. The smallest absolute Gasteiger partial charge is 0.255 e. The zero-order valence-electron chi connectivity index (χ0n) is 13.5. The van der Waals surface area contributed by atoms with Crippen LogP contribution in [-0.4, -0.2) is 26.0 Å². The van der Waals surface area contributed by atoms with Crippen molar-refractivity contribution in [3.05, 3.63) is 52.8 Å². The van der Waals surface area contributed by atoms with Gasteiger partial charge in [0.05, 0.1) is 14.2 Å². The summed E-state index contributed by atoms with van der Waals surface area (Å²) in [4.78, 5) is 23.6. The molecule has 0 aliphatic rings. The second kappa shape index (κ2) is 6.99. The molecule has 0 saturated heterocycles. The third-order valence-corrected chi connectivity index (χ3v) is 3.52. The molecule has 0 unspecified atom stereocenters. The standard InChI is InChI=1S/C17H17FN2O4/c1-9-12(18)6-11(16(19)21)7-13(9)20-17(22)10-4-5-14(23-2)15(8-10)24-3/h4-8H,1-3H3,(H2,19,21)(H,20,22). The Bertz CT molecular complexity index is 805. The van der Waals surface area contributed by atoms with Crippen LogP contribution in [0, 0.1) is 12.7 Å². The van der Waals surface area contributed by atoms with Gasteiger partial charge in [0.25, 0.3) is 5.91 Å². The summed E-state index contributed by atoms with van der Waals surface area (Å²) in [6.45, 7) is 1.49. The average Bonchev–Trinajstić information content (AvgIpc) is 2.57. The molecule has 2 amide bonds. The van der Waals surface area contributed by atoms with Crippen LogP contribution in [0.15, 0.2) is 30.3 Å². The number of carbonyl (C=O) groups is 2. The first-order valence-corrected chi connectivity index (χ1v) is 7.00. The lowest BCUT2D eigenvalue weighted by Crippen LogP contribution is -2.16. The van der Waals surface area contributed by atoms with Gasteiger partial charge in [0.15, 0.2) is 11.5 Å². The van der Waals surface area contributed by atoms with E-state index in [0.717, 1.165) is 6.07 Å². The van der Waals surface area contributed by atoms with E-state index in [0.29, 0.717) is 11.5 Å². The number of anilines is 1. The van der Waals surface area contributed by atoms with E-state index >= 15 is 0 Å². The van der Waals surface area contributed by atoms with Crippen LogP contribution in [0.5, 0.6) is 11.5 Å². The highest BCUT2D eigenvalue weighted by molar-refractivity contribution is 6.06. The minimum Gasteiger partial charge on any atom is -0.493 e. The quantitative estimate of drug-likeness (QED) is 0.880. The second-order valence-corrected chi connectivity index (χ2v) is 5.02. The molecule has 0 aromatic heterocycles. The highest BCUT2D eigenvalue weighted by Gasteiger charge is 2.15. The van der Waals surface area contributed by atoms with Crippen molar-refractivity contribution in [3.63, 3.8) is 0 Å². The maximum atomic E-state index is 13.9. The molecule has 0 heterocycles. The summed E-state index contributed by atoms with van der Waals surface area (Å²) in [6, 6.07) is 6.99. The number of methoxy groups -OCH3 is 2. The summed E-state index contributed by atoms with van der Waals surface area (Å²) >= 11 is 0. The summed E-state index contributed by atoms with van der Waals surface area (Å²) in [6.07, 6.45) is 0. The number of rotatable bonds is 5. The van der Waals surface area contributed by atoms with Crippen molar-refractivity contribution in [2.75, 3.05) is 19.5 Å². The van der Waals surface area contributed by atoms with Gasteiger partial charge in [-0.3, -0.25) is 9.59 Å². The fourth-order valence-corrected chi connectivity index (χ4v) is 2.12. The fraction of sp³-hybridized carbons (Fsp3) is 0.176. The molecule has 0 fully saturated rings. The van der Waals surface area contributed by atoms with Gasteiger partial charge in [-0.15, -0.1) is 0 Å². The van der Waals surface area contributed by atoms with Crippen LogP contribution in [0.4, 0.5) is 10.1 Å². The highest BCUT2D eigenvalue weighted by atomic mass is 19.1. The van der Waals surface area contributed by atoms with Crippen LogP contribution in [0.2, 0.25) is 0 Å². The van der Waals surface area contributed by atoms with E-state index in [9.17, 15) is 14.0 Å². The number of amides is 2. The van der Waals surface area contributed by atoms with Gasteiger partial charge < -0.3 is 20.5 Å². The molecular weight excluding hydrogens is 315 g/mol. The minimum atomic E-state index is -0.782. The molecule has 7 heteroatoms. The van der Waals surface area contributed by atoms with Gasteiger partial charge in [0.1, 0.15) is 5.82 Å². The van der Waals surface area contributed by atoms with Crippen LogP contribution in [0.25, 0.3) is 0 Å². The Balaban J connectivity index is 2.35. The molecule has 24 heavy (non-hydrogen) atoms. The van der Waals surface area contributed by atoms with Crippen molar-refractivity contribution in [2.45, 2.75) is 6.92 Å². The van der Waals surface area contributed by atoms with E-state index in [2.05, 4.69) is 5.32 Å². The molecule has 0 atom stereocenters. The SMILES string of the molecule is COc1ccc(C(=O)Nc2cc(C(N)=O)cc(F)c2C)cc1OC. The number of carbonyl (C=O) groups excluding carboxylic acids is 2. The summed E-state index contributed by atoms with van der Waals surface area (Å²) in [5.41, 5.74) is 5.80. The lowest BCUT2D eigenvalue weighted by atomic mass is 10.1. The maximum absolute atomic E-state index is 13.9. The first-order chi connectivity index (χ1) is 11.4. The number of benzene rings is 2. The average molecular weight is 332 g/mol. The van der Waals surface area contributed by atoms with Gasteiger partial charge in [0, 0.05) is 22.4 Å². The largest absolute Gasteiger partial charge is 0.493 e. The molecule has 0 spiro atoms. The van der Waals surface area contributed by atoms with Crippen molar-refractivity contribution in [2.24, 2.45) is 5.73 Å². The van der Waals surface area contributed by atoms with Crippen molar-refractivity contribution < 1.29 is 23.5 Å². The lowest BCUT2D eigenvalue weighted by molar-refractivity contribution is 0.0995. The zero-order chi connectivity index (χ0) is 17.9. The maximum Gasteiger partial charge on any atom is 0.255 e. The molecule has 0 radical (unpaired) electrons. The third-order valence-electron chi connectivity index (χ3n) is 3.52. The number of primary amides is 1. The van der Waals surface area contributed by atoms with Crippen LogP contribution >= 0.6 is 0 Å². The minimum absolute atomic E-state index is 0.0271. The summed E-state index contributed by atoms with van der Waals surface area (Å²) < 4.78 is 24.1. The molecule has 2 rings (SSSR count). The Morgan fingerprint density at radius 1 is 1.04 bits per heavy atom. The van der Waals surface area contributed by atoms with Crippen molar-refractivity contribution >= 4 is 17.5 Å². The number of halogens is 1. The number of hydrogen-bond donors (Lipinski definition) is 2. The first-order valence-electron chi connectivity index (χ1n) is 7.00. The molecule has 0 bridgehead atoms. The van der Waals surface area contributed by atoms with Crippen molar-refractivity contribution in [1.29, 1.82) is 0 Å². The molecule has 0 aliphatic heterocycles. The zero-order valence-corrected chi connectivity index (χ0v) is 13.5. The van der Waals surface area contributed by atoms with Crippen molar-refractivity contribution in [1.82, 2.24) is 0 Å².